The number of hydrogen-bond donors (Lipinski definition) is 4. The zero-order valence-corrected chi connectivity index (χ0v) is 18.3. The molecule has 0 amide bonds. The smallest absolute Gasteiger partial charge is 0.303 e. The molecular formula is C24H40O5. The van der Waals surface area contributed by atoms with E-state index in [9.17, 15) is 20.1 Å². The zero-order valence-electron chi connectivity index (χ0n) is 18.3. The Morgan fingerprint density at radius 2 is 1.76 bits per heavy atom. The number of rotatable bonds is 4. The number of fused-ring (bicyclic) bond motifs is 5. The highest BCUT2D eigenvalue weighted by atomic mass is 16.4. The standard InChI is InChI=1S/C24H40O5/c1-13(4-7-21(28)29)16-5-6-17-22-18(12-20(27)24(16,17)3)23(2)9-8-15(25)10-14(23)11-19(22)26/h13-20,22,25-27H,4-12H2,1-3H3,(H,28,29)/t13?,14?,15-,16-,17+,18+,19-,20+,22+,23+,24-/m1/s1. The van der Waals surface area contributed by atoms with E-state index in [1.807, 2.05) is 0 Å². The fourth-order valence-electron chi connectivity index (χ4n) is 8.68. The molecule has 5 nitrogen and oxygen atoms in total. The Morgan fingerprint density at radius 1 is 1.03 bits per heavy atom. The first kappa shape index (κ1) is 21.6. The Morgan fingerprint density at radius 3 is 2.45 bits per heavy atom. The third-order valence-corrected chi connectivity index (χ3v) is 10.3. The number of aliphatic hydroxyl groups is 3. The minimum absolute atomic E-state index is 0.0957. The van der Waals surface area contributed by atoms with E-state index in [-0.39, 0.29) is 41.3 Å². The van der Waals surface area contributed by atoms with Crippen LogP contribution in [-0.2, 0) is 4.79 Å². The quantitative estimate of drug-likeness (QED) is 0.571. The van der Waals surface area contributed by atoms with Gasteiger partial charge in [-0.25, -0.2) is 0 Å². The maximum absolute atomic E-state index is 11.5. The molecule has 0 heterocycles. The van der Waals surface area contributed by atoms with Crippen molar-refractivity contribution >= 4 is 5.97 Å². The predicted molar refractivity (Wildman–Crippen MR) is 110 cm³/mol. The normalized spacial score (nSPS) is 52.9. The molecule has 0 saturated heterocycles. The van der Waals surface area contributed by atoms with Crippen LogP contribution in [0.5, 0.6) is 0 Å². The summed E-state index contributed by atoms with van der Waals surface area (Å²) in [7, 11) is 0. The molecule has 0 aromatic carbocycles. The van der Waals surface area contributed by atoms with E-state index in [1.165, 1.54) is 0 Å². The Bertz CT molecular complexity index is 637. The molecule has 4 aliphatic rings. The molecule has 0 aromatic heterocycles. The summed E-state index contributed by atoms with van der Waals surface area (Å²) in [4.78, 5) is 11.1. The lowest BCUT2D eigenvalue weighted by atomic mass is 9.43. The van der Waals surface area contributed by atoms with Crippen LogP contribution in [0.25, 0.3) is 0 Å². The van der Waals surface area contributed by atoms with Crippen molar-refractivity contribution < 1.29 is 25.2 Å². The Kier molecular flexibility index (Phi) is 5.57. The average Bonchev–Trinajstić information content (AvgIpc) is 3.01. The van der Waals surface area contributed by atoms with Gasteiger partial charge in [-0.1, -0.05) is 20.8 Å². The summed E-state index contributed by atoms with van der Waals surface area (Å²) in [6.45, 7) is 6.72. The lowest BCUT2D eigenvalue weighted by Crippen LogP contribution is -2.62. The van der Waals surface area contributed by atoms with Gasteiger partial charge in [-0.3, -0.25) is 4.79 Å². The molecule has 11 atom stereocenters. The number of carboxylic acid groups (broad SMARTS) is 1. The summed E-state index contributed by atoms with van der Waals surface area (Å²) in [6.07, 6.45) is 6.00. The van der Waals surface area contributed by atoms with Gasteiger partial charge in [-0.15, -0.1) is 0 Å². The van der Waals surface area contributed by atoms with Gasteiger partial charge >= 0.3 is 5.97 Å². The van der Waals surface area contributed by atoms with Crippen LogP contribution in [0.1, 0.15) is 78.6 Å². The maximum atomic E-state index is 11.5. The van der Waals surface area contributed by atoms with Crippen LogP contribution in [-0.4, -0.2) is 44.7 Å². The lowest BCUT2D eigenvalue weighted by Gasteiger charge is -2.63. The molecule has 4 saturated carbocycles. The van der Waals surface area contributed by atoms with Crippen LogP contribution in [0.15, 0.2) is 0 Å². The van der Waals surface area contributed by atoms with Crippen LogP contribution in [0.2, 0.25) is 0 Å². The molecule has 4 rings (SSSR count). The molecule has 0 bridgehead atoms. The summed E-state index contributed by atoms with van der Waals surface area (Å²) in [5.41, 5.74) is -0.143. The van der Waals surface area contributed by atoms with Gasteiger partial charge in [0.25, 0.3) is 0 Å². The second-order valence-electron chi connectivity index (χ2n) is 11.4. The Labute approximate surface area is 174 Å². The SMILES string of the molecule is CC(CCC(=O)O)[C@H]1CC[C@H]2[C@@H]3[C@H](O)CC4C[C@H](O)CC[C@]4(C)[C@H]3C[C@H](O)[C@]12C. The van der Waals surface area contributed by atoms with Crippen molar-refractivity contribution in [1.82, 2.24) is 0 Å². The van der Waals surface area contributed by atoms with Crippen LogP contribution in [0, 0.1) is 46.3 Å². The molecule has 0 spiro atoms. The topological polar surface area (TPSA) is 98.0 Å². The third-order valence-electron chi connectivity index (χ3n) is 10.3. The summed E-state index contributed by atoms with van der Waals surface area (Å²) in [5, 5.41) is 42.0. The molecular weight excluding hydrogens is 368 g/mol. The highest BCUT2D eigenvalue weighted by molar-refractivity contribution is 5.66. The molecule has 4 fully saturated rings. The van der Waals surface area contributed by atoms with Crippen molar-refractivity contribution in [2.24, 2.45) is 46.3 Å². The van der Waals surface area contributed by atoms with E-state index >= 15 is 0 Å². The molecule has 4 aliphatic carbocycles. The lowest BCUT2D eigenvalue weighted by molar-refractivity contribution is -0.207. The molecule has 0 aromatic rings. The van der Waals surface area contributed by atoms with Gasteiger partial charge in [-0.05, 0) is 97.7 Å². The summed E-state index contributed by atoms with van der Waals surface area (Å²) < 4.78 is 0. The van der Waals surface area contributed by atoms with Crippen LogP contribution in [0.3, 0.4) is 0 Å². The zero-order chi connectivity index (χ0) is 21.1. The van der Waals surface area contributed by atoms with Gasteiger partial charge in [0, 0.05) is 6.42 Å². The van der Waals surface area contributed by atoms with E-state index < -0.39 is 12.1 Å². The highest BCUT2D eigenvalue weighted by Gasteiger charge is 2.65. The van der Waals surface area contributed by atoms with E-state index in [4.69, 9.17) is 5.11 Å². The van der Waals surface area contributed by atoms with Crippen molar-refractivity contribution in [3.8, 4) is 0 Å². The Hall–Kier alpha value is -0.650. The number of hydrogen-bond acceptors (Lipinski definition) is 4. The fraction of sp³-hybridized carbons (Fsp3) is 0.958. The average molecular weight is 409 g/mol. The molecule has 0 radical (unpaired) electrons. The fourth-order valence-corrected chi connectivity index (χ4v) is 8.68. The molecule has 0 aliphatic heterocycles. The molecule has 4 N–H and O–H groups in total. The number of carboxylic acids is 1. The van der Waals surface area contributed by atoms with E-state index in [0.29, 0.717) is 30.1 Å². The molecule has 2 unspecified atom stereocenters. The summed E-state index contributed by atoms with van der Waals surface area (Å²) in [5.74, 6) is 0.997. The summed E-state index contributed by atoms with van der Waals surface area (Å²) in [6, 6.07) is 0. The molecule has 166 valence electrons. The number of aliphatic hydroxyl groups excluding tert-OH is 3. The van der Waals surface area contributed by atoms with Crippen molar-refractivity contribution in [3.05, 3.63) is 0 Å². The van der Waals surface area contributed by atoms with E-state index in [0.717, 1.165) is 44.9 Å². The van der Waals surface area contributed by atoms with Crippen LogP contribution in [0.4, 0.5) is 0 Å². The van der Waals surface area contributed by atoms with Crippen LogP contribution < -0.4 is 0 Å². The van der Waals surface area contributed by atoms with Gasteiger partial charge in [0.1, 0.15) is 0 Å². The van der Waals surface area contributed by atoms with Gasteiger partial charge in [0.05, 0.1) is 18.3 Å². The largest absolute Gasteiger partial charge is 0.481 e. The van der Waals surface area contributed by atoms with Crippen molar-refractivity contribution in [1.29, 1.82) is 0 Å². The van der Waals surface area contributed by atoms with Crippen molar-refractivity contribution in [3.63, 3.8) is 0 Å². The van der Waals surface area contributed by atoms with E-state index in [2.05, 4.69) is 20.8 Å². The Balaban J connectivity index is 1.61. The molecule has 5 heteroatoms. The summed E-state index contributed by atoms with van der Waals surface area (Å²) >= 11 is 0. The second kappa shape index (κ2) is 7.49. The maximum Gasteiger partial charge on any atom is 0.303 e. The third kappa shape index (κ3) is 3.27. The number of aliphatic carboxylic acids is 1. The molecule has 29 heavy (non-hydrogen) atoms. The van der Waals surface area contributed by atoms with E-state index in [1.54, 1.807) is 0 Å². The predicted octanol–water partition coefficient (Wildman–Crippen LogP) is 3.45. The van der Waals surface area contributed by atoms with Gasteiger partial charge < -0.3 is 20.4 Å². The van der Waals surface area contributed by atoms with Gasteiger partial charge in [0.2, 0.25) is 0 Å². The van der Waals surface area contributed by atoms with Gasteiger partial charge in [0.15, 0.2) is 0 Å². The van der Waals surface area contributed by atoms with Gasteiger partial charge in [-0.2, -0.15) is 0 Å². The van der Waals surface area contributed by atoms with Crippen LogP contribution >= 0.6 is 0 Å². The highest BCUT2D eigenvalue weighted by Crippen LogP contribution is 2.68. The first-order valence-electron chi connectivity index (χ1n) is 11.8. The monoisotopic (exact) mass is 408 g/mol. The first-order valence-corrected chi connectivity index (χ1v) is 11.8. The second-order valence-corrected chi connectivity index (χ2v) is 11.4. The van der Waals surface area contributed by atoms with Crippen molar-refractivity contribution in [2.75, 3.05) is 0 Å². The minimum Gasteiger partial charge on any atom is -0.481 e. The number of carbonyl (C=O) groups is 1. The first-order chi connectivity index (χ1) is 13.6. The van der Waals surface area contributed by atoms with Crippen molar-refractivity contribution in [2.45, 2.75) is 96.9 Å². The minimum atomic E-state index is -0.748.